The molecular weight excluding hydrogens is 120 g/mol. The quantitative estimate of drug-likeness (QED) is 0.524. The van der Waals surface area contributed by atoms with Gasteiger partial charge in [0.2, 0.25) is 0 Å². The highest BCUT2D eigenvalue weighted by Crippen LogP contribution is 2.40. The molecule has 0 saturated heterocycles. The fourth-order valence-corrected chi connectivity index (χ4v) is 2.34. The van der Waals surface area contributed by atoms with Crippen LogP contribution in [-0.4, -0.2) is 0 Å². The predicted octanol–water partition coefficient (Wildman–Crippen LogP) is 3.32. The molecule has 0 aliphatic heterocycles. The first-order chi connectivity index (χ1) is 4.63. The summed E-state index contributed by atoms with van der Waals surface area (Å²) in [4.78, 5) is 0. The second-order valence-electron chi connectivity index (χ2n) is 4.32. The van der Waals surface area contributed by atoms with Crippen LogP contribution >= 0.6 is 0 Å². The lowest BCUT2D eigenvalue weighted by Crippen LogP contribution is -2.14. The maximum atomic E-state index is 2.42. The van der Waals surface area contributed by atoms with Crippen molar-refractivity contribution in [3.63, 3.8) is 0 Å². The third kappa shape index (κ3) is 1.36. The van der Waals surface area contributed by atoms with Crippen LogP contribution in [0.3, 0.4) is 0 Å². The summed E-state index contributed by atoms with van der Waals surface area (Å²) in [6.45, 7) is 9.54. The van der Waals surface area contributed by atoms with Crippen molar-refractivity contribution in [2.45, 2.75) is 40.5 Å². The molecule has 1 saturated carbocycles. The highest BCUT2D eigenvalue weighted by atomic mass is 14.4. The SMILES string of the molecule is CC(C)C1CC[C@H](C)[C@@H]1C. The average molecular weight is 140 g/mol. The molecule has 0 heteroatoms. The Bertz CT molecular complexity index is 105. The maximum absolute atomic E-state index is 2.42. The molecule has 0 nitrogen and oxygen atoms in total. The highest BCUT2D eigenvalue weighted by molar-refractivity contribution is 4.81. The van der Waals surface area contributed by atoms with E-state index in [0.29, 0.717) is 0 Å². The lowest BCUT2D eigenvalue weighted by atomic mass is 9.85. The molecule has 1 aliphatic carbocycles. The van der Waals surface area contributed by atoms with Gasteiger partial charge in [0.25, 0.3) is 0 Å². The molecule has 0 bridgehead atoms. The minimum Gasteiger partial charge on any atom is -0.0625 e. The van der Waals surface area contributed by atoms with Gasteiger partial charge >= 0.3 is 0 Å². The first-order valence-electron chi connectivity index (χ1n) is 4.63. The van der Waals surface area contributed by atoms with Gasteiger partial charge in [-0.25, -0.2) is 0 Å². The molecular formula is C10H20. The van der Waals surface area contributed by atoms with Crippen molar-refractivity contribution in [2.24, 2.45) is 23.7 Å². The van der Waals surface area contributed by atoms with E-state index in [1.807, 2.05) is 0 Å². The van der Waals surface area contributed by atoms with Gasteiger partial charge in [-0.05, 0) is 30.1 Å². The Hall–Kier alpha value is 0. The molecule has 0 amide bonds. The molecule has 1 rings (SSSR count). The Morgan fingerprint density at radius 2 is 1.70 bits per heavy atom. The molecule has 1 fully saturated rings. The Kier molecular flexibility index (Phi) is 2.38. The number of hydrogen-bond acceptors (Lipinski definition) is 0. The molecule has 0 heterocycles. The van der Waals surface area contributed by atoms with Crippen LogP contribution in [0.15, 0.2) is 0 Å². The summed E-state index contributed by atoms with van der Waals surface area (Å²) < 4.78 is 0. The van der Waals surface area contributed by atoms with E-state index in [1.54, 1.807) is 0 Å². The van der Waals surface area contributed by atoms with Gasteiger partial charge in [0.1, 0.15) is 0 Å². The van der Waals surface area contributed by atoms with Gasteiger partial charge in [0.15, 0.2) is 0 Å². The van der Waals surface area contributed by atoms with Crippen molar-refractivity contribution in [3.05, 3.63) is 0 Å². The van der Waals surface area contributed by atoms with E-state index >= 15 is 0 Å². The van der Waals surface area contributed by atoms with E-state index in [9.17, 15) is 0 Å². The van der Waals surface area contributed by atoms with E-state index in [1.165, 1.54) is 12.8 Å². The lowest BCUT2D eigenvalue weighted by Gasteiger charge is -2.21. The first-order valence-corrected chi connectivity index (χ1v) is 4.63. The van der Waals surface area contributed by atoms with E-state index in [0.717, 1.165) is 23.7 Å². The van der Waals surface area contributed by atoms with E-state index < -0.39 is 0 Å². The van der Waals surface area contributed by atoms with Gasteiger partial charge in [-0.3, -0.25) is 0 Å². The van der Waals surface area contributed by atoms with Crippen LogP contribution in [0.4, 0.5) is 0 Å². The smallest absolute Gasteiger partial charge is 0.0363 e. The molecule has 3 atom stereocenters. The van der Waals surface area contributed by atoms with Gasteiger partial charge in [0.05, 0.1) is 0 Å². The summed E-state index contributed by atoms with van der Waals surface area (Å²) in [5, 5.41) is 0. The number of hydrogen-bond donors (Lipinski definition) is 0. The summed E-state index contributed by atoms with van der Waals surface area (Å²) in [7, 11) is 0. The zero-order chi connectivity index (χ0) is 7.72. The van der Waals surface area contributed by atoms with E-state index in [4.69, 9.17) is 0 Å². The third-order valence-electron chi connectivity index (χ3n) is 3.38. The Balaban J connectivity index is 2.49. The fraction of sp³-hybridized carbons (Fsp3) is 1.00. The van der Waals surface area contributed by atoms with Crippen LogP contribution in [0, 0.1) is 23.7 Å². The van der Waals surface area contributed by atoms with Crippen molar-refractivity contribution in [3.8, 4) is 0 Å². The fourth-order valence-electron chi connectivity index (χ4n) is 2.34. The summed E-state index contributed by atoms with van der Waals surface area (Å²) in [5.74, 6) is 3.86. The second-order valence-corrected chi connectivity index (χ2v) is 4.32. The summed E-state index contributed by atoms with van der Waals surface area (Å²) >= 11 is 0. The van der Waals surface area contributed by atoms with Gasteiger partial charge in [0, 0.05) is 0 Å². The second kappa shape index (κ2) is 2.94. The normalized spacial score (nSPS) is 41.1. The molecule has 1 aliphatic rings. The molecule has 1 unspecified atom stereocenters. The molecule has 0 aromatic heterocycles. The zero-order valence-corrected chi connectivity index (χ0v) is 7.72. The van der Waals surface area contributed by atoms with Gasteiger partial charge in [-0.2, -0.15) is 0 Å². The van der Waals surface area contributed by atoms with Crippen molar-refractivity contribution in [2.75, 3.05) is 0 Å². The van der Waals surface area contributed by atoms with Crippen LogP contribution in [-0.2, 0) is 0 Å². The molecule has 0 aromatic rings. The zero-order valence-electron chi connectivity index (χ0n) is 7.72. The minimum atomic E-state index is 0.903. The predicted molar refractivity (Wildman–Crippen MR) is 45.9 cm³/mol. The van der Waals surface area contributed by atoms with Gasteiger partial charge in [-0.15, -0.1) is 0 Å². The van der Waals surface area contributed by atoms with Gasteiger partial charge < -0.3 is 0 Å². The van der Waals surface area contributed by atoms with Crippen LogP contribution in [0.1, 0.15) is 40.5 Å². The van der Waals surface area contributed by atoms with E-state index in [2.05, 4.69) is 27.7 Å². The van der Waals surface area contributed by atoms with Crippen molar-refractivity contribution < 1.29 is 0 Å². The topological polar surface area (TPSA) is 0 Å². The Morgan fingerprint density at radius 1 is 1.10 bits per heavy atom. The molecule has 0 aromatic carbocycles. The summed E-state index contributed by atoms with van der Waals surface area (Å²) in [6, 6.07) is 0. The monoisotopic (exact) mass is 140 g/mol. The number of rotatable bonds is 1. The highest BCUT2D eigenvalue weighted by Gasteiger charge is 2.31. The van der Waals surface area contributed by atoms with Crippen molar-refractivity contribution >= 4 is 0 Å². The lowest BCUT2D eigenvalue weighted by molar-refractivity contribution is 0.282. The summed E-state index contributed by atoms with van der Waals surface area (Å²) in [5.41, 5.74) is 0. The standard InChI is InChI=1S/C10H20/c1-7(2)10-6-5-8(3)9(10)4/h7-10H,5-6H2,1-4H3/t8-,9-,10?/m0/s1. The molecule has 0 spiro atoms. The molecule has 0 radical (unpaired) electrons. The van der Waals surface area contributed by atoms with Crippen LogP contribution in [0.2, 0.25) is 0 Å². The summed E-state index contributed by atoms with van der Waals surface area (Å²) in [6.07, 6.45) is 2.93. The van der Waals surface area contributed by atoms with Crippen LogP contribution in [0.5, 0.6) is 0 Å². The van der Waals surface area contributed by atoms with Crippen molar-refractivity contribution in [1.82, 2.24) is 0 Å². The van der Waals surface area contributed by atoms with Crippen LogP contribution < -0.4 is 0 Å². The molecule has 60 valence electrons. The Morgan fingerprint density at radius 3 is 1.90 bits per heavy atom. The van der Waals surface area contributed by atoms with Crippen molar-refractivity contribution in [1.29, 1.82) is 0 Å². The minimum absolute atomic E-state index is 0.903. The average Bonchev–Trinajstić information content (AvgIpc) is 2.14. The van der Waals surface area contributed by atoms with Crippen LogP contribution in [0.25, 0.3) is 0 Å². The first kappa shape index (κ1) is 8.10. The molecule has 10 heavy (non-hydrogen) atoms. The van der Waals surface area contributed by atoms with E-state index in [-0.39, 0.29) is 0 Å². The largest absolute Gasteiger partial charge is 0.0625 e. The third-order valence-corrected chi connectivity index (χ3v) is 3.38. The Labute approximate surface area is 65.0 Å². The maximum Gasteiger partial charge on any atom is -0.0363 e. The molecule has 0 N–H and O–H groups in total. The van der Waals surface area contributed by atoms with Gasteiger partial charge in [-0.1, -0.05) is 34.1 Å².